The number of carbonyl (C=O) groups is 2. The predicted molar refractivity (Wildman–Crippen MR) is 106 cm³/mol. The number of likely N-dealkylation sites (tertiary alicyclic amines) is 1. The summed E-state index contributed by atoms with van der Waals surface area (Å²) in [5.74, 6) is 1.71. The molecule has 2 bridgehead atoms. The average Bonchev–Trinajstić information content (AvgIpc) is 3.38. The lowest BCUT2D eigenvalue weighted by Gasteiger charge is -2.41. The minimum Gasteiger partial charge on any atom is -0.482 e. The van der Waals surface area contributed by atoms with Crippen molar-refractivity contribution in [3.8, 4) is 5.75 Å². The van der Waals surface area contributed by atoms with E-state index in [2.05, 4.69) is 17.5 Å². The predicted octanol–water partition coefficient (Wildman–Crippen LogP) is 1.99. The van der Waals surface area contributed by atoms with Gasteiger partial charge in [-0.3, -0.25) is 9.59 Å². The van der Waals surface area contributed by atoms with Crippen molar-refractivity contribution in [1.82, 2.24) is 10.2 Å². The molecule has 1 N–H and O–H groups in total. The van der Waals surface area contributed by atoms with Crippen LogP contribution in [0.15, 0.2) is 30.3 Å². The first-order chi connectivity index (χ1) is 14.1. The van der Waals surface area contributed by atoms with Gasteiger partial charge in [0.05, 0.1) is 18.8 Å². The van der Waals surface area contributed by atoms with Crippen molar-refractivity contribution < 1.29 is 19.1 Å². The molecule has 2 saturated carbocycles. The molecule has 2 saturated heterocycles. The van der Waals surface area contributed by atoms with Crippen LogP contribution < -0.4 is 10.1 Å². The zero-order valence-electron chi connectivity index (χ0n) is 16.4. The third-order valence-electron chi connectivity index (χ3n) is 7.76. The lowest BCUT2D eigenvalue weighted by Crippen LogP contribution is -2.55. The molecule has 152 valence electrons. The minimum absolute atomic E-state index is 0.00689. The number of hydrogen-bond acceptors (Lipinski definition) is 4. The number of para-hydroxylation sites is 1. The zero-order valence-corrected chi connectivity index (χ0v) is 16.4. The van der Waals surface area contributed by atoms with Crippen molar-refractivity contribution in [1.29, 1.82) is 0 Å². The first-order valence-corrected chi connectivity index (χ1v) is 10.8. The number of benzene rings is 1. The Labute approximate surface area is 170 Å². The van der Waals surface area contributed by atoms with Gasteiger partial charge in [0.15, 0.2) is 0 Å². The van der Waals surface area contributed by atoms with Crippen LogP contribution in [0.25, 0.3) is 6.08 Å². The molecule has 5 unspecified atom stereocenters. The first-order valence-electron chi connectivity index (χ1n) is 10.8. The molecule has 2 aliphatic carbocycles. The van der Waals surface area contributed by atoms with Crippen LogP contribution in [0.3, 0.4) is 0 Å². The molecule has 4 fully saturated rings. The van der Waals surface area contributed by atoms with Crippen LogP contribution >= 0.6 is 0 Å². The van der Waals surface area contributed by atoms with E-state index in [4.69, 9.17) is 9.47 Å². The molecule has 0 radical (unpaired) electrons. The summed E-state index contributed by atoms with van der Waals surface area (Å²) in [6, 6.07) is 8.00. The molecule has 1 aromatic rings. The van der Waals surface area contributed by atoms with Gasteiger partial charge in [-0.2, -0.15) is 0 Å². The number of amides is 2. The third-order valence-corrected chi connectivity index (χ3v) is 7.76. The summed E-state index contributed by atoms with van der Waals surface area (Å²) in [6.45, 7) is 1.87. The van der Waals surface area contributed by atoms with Gasteiger partial charge in [-0.05, 0) is 42.7 Å². The van der Waals surface area contributed by atoms with Crippen molar-refractivity contribution in [3.63, 3.8) is 0 Å². The molecule has 1 spiro atoms. The van der Waals surface area contributed by atoms with Crippen LogP contribution in [0.4, 0.5) is 0 Å². The lowest BCUT2D eigenvalue weighted by atomic mass is 9.87. The second kappa shape index (κ2) is 6.33. The van der Waals surface area contributed by atoms with E-state index < -0.39 is 11.8 Å². The molecule has 6 heteroatoms. The summed E-state index contributed by atoms with van der Waals surface area (Å²) >= 11 is 0. The van der Waals surface area contributed by atoms with Gasteiger partial charge in [-0.15, -0.1) is 0 Å². The van der Waals surface area contributed by atoms with Crippen LogP contribution in [-0.2, 0) is 14.3 Å². The Bertz CT molecular complexity index is 887. The molecule has 6 nitrogen and oxygen atoms in total. The van der Waals surface area contributed by atoms with Crippen molar-refractivity contribution in [2.75, 3.05) is 19.7 Å². The first kappa shape index (κ1) is 17.5. The van der Waals surface area contributed by atoms with E-state index in [0.717, 1.165) is 30.8 Å². The largest absolute Gasteiger partial charge is 0.482 e. The SMILES string of the molecule is O=C(NC1C2CC3COC1C3C2)C(=O)N1CCC2(C=Cc3ccccc3O2)CC1. The summed E-state index contributed by atoms with van der Waals surface area (Å²) in [6.07, 6.45) is 7.97. The Balaban J connectivity index is 1.08. The van der Waals surface area contributed by atoms with Gasteiger partial charge in [-0.25, -0.2) is 0 Å². The van der Waals surface area contributed by atoms with E-state index in [-0.39, 0.29) is 17.7 Å². The highest BCUT2D eigenvalue weighted by Crippen LogP contribution is 2.53. The van der Waals surface area contributed by atoms with Crippen LogP contribution in [0.1, 0.15) is 31.2 Å². The standard InChI is InChI=1S/C23H26N2O4/c26-21(24-19-15-11-16-13-28-20(19)17(16)12-15)22(27)25-9-7-23(8-10-25)6-5-14-3-1-2-4-18(14)29-23/h1-6,15-17,19-20H,7-13H2,(H,24,26). The van der Waals surface area contributed by atoms with E-state index in [1.54, 1.807) is 4.90 Å². The molecule has 29 heavy (non-hydrogen) atoms. The van der Waals surface area contributed by atoms with Gasteiger partial charge in [0.1, 0.15) is 11.4 Å². The Morgan fingerprint density at radius 1 is 1.10 bits per heavy atom. The smallest absolute Gasteiger partial charge is 0.311 e. The van der Waals surface area contributed by atoms with Gasteiger partial charge < -0.3 is 19.7 Å². The van der Waals surface area contributed by atoms with Crippen LogP contribution in [0, 0.1) is 17.8 Å². The van der Waals surface area contributed by atoms with E-state index in [1.807, 2.05) is 24.3 Å². The molecular weight excluding hydrogens is 368 g/mol. The number of carbonyl (C=O) groups excluding carboxylic acids is 2. The maximum Gasteiger partial charge on any atom is 0.311 e. The molecule has 3 heterocycles. The zero-order chi connectivity index (χ0) is 19.6. The summed E-state index contributed by atoms with van der Waals surface area (Å²) < 4.78 is 12.2. The van der Waals surface area contributed by atoms with Crippen molar-refractivity contribution in [3.05, 3.63) is 35.9 Å². The fourth-order valence-corrected chi connectivity index (χ4v) is 6.21. The van der Waals surface area contributed by atoms with Gasteiger partial charge in [-0.1, -0.05) is 24.3 Å². The summed E-state index contributed by atoms with van der Waals surface area (Å²) in [7, 11) is 0. The summed E-state index contributed by atoms with van der Waals surface area (Å²) in [4.78, 5) is 27.1. The third kappa shape index (κ3) is 2.72. The van der Waals surface area contributed by atoms with E-state index in [0.29, 0.717) is 43.7 Å². The molecule has 0 aromatic heterocycles. The maximum absolute atomic E-state index is 12.8. The number of piperidine rings is 1. The molecule has 2 amide bonds. The maximum atomic E-state index is 12.8. The topological polar surface area (TPSA) is 67.9 Å². The molecule has 1 aromatic carbocycles. The van der Waals surface area contributed by atoms with Crippen LogP contribution in [-0.4, -0.2) is 54.2 Å². The molecule has 5 aliphatic rings. The average molecular weight is 394 g/mol. The number of fused-ring (bicyclic) bond motifs is 2. The van der Waals surface area contributed by atoms with Crippen molar-refractivity contribution >= 4 is 17.9 Å². The Morgan fingerprint density at radius 2 is 1.93 bits per heavy atom. The fourth-order valence-electron chi connectivity index (χ4n) is 6.21. The number of ether oxygens (including phenoxy) is 2. The highest BCUT2D eigenvalue weighted by molar-refractivity contribution is 6.35. The fraction of sp³-hybridized carbons (Fsp3) is 0.565. The number of hydrogen-bond donors (Lipinski definition) is 1. The van der Waals surface area contributed by atoms with E-state index in [9.17, 15) is 9.59 Å². The van der Waals surface area contributed by atoms with Crippen LogP contribution in [0.5, 0.6) is 5.75 Å². The highest BCUT2D eigenvalue weighted by Gasteiger charge is 2.57. The molecular formula is C23H26N2O4. The van der Waals surface area contributed by atoms with E-state index in [1.165, 1.54) is 0 Å². The quantitative estimate of drug-likeness (QED) is 0.740. The Hall–Kier alpha value is -2.34. The number of rotatable bonds is 1. The van der Waals surface area contributed by atoms with Crippen molar-refractivity contribution in [2.45, 2.75) is 43.4 Å². The van der Waals surface area contributed by atoms with Gasteiger partial charge in [0, 0.05) is 31.5 Å². The van der Waals surface area contributed by atoms with Gasteiger partial charge >= 0.3 is 11.8 Å². The Kier molecular flexibility index (Phi) is 3.82. The Morgan fingerprint density at radius 3 is 2.79 bits per heavy atom. The van der Waals surface area contributed by atoms with Crippen LogP contribution in [0.2, 0.25) is 0 Å². The second-order valence-electron chi connectivity index (χ2n) is 9.28. The molecule has 5 atom stereocenters. The molecule has 6 rings (SSSR count). The monoisotopic (exact) mass is 394 g/mol. The molecule has 3 aliphatic heterocycles. The summed E-state index contributed by atoms with van der Waals surface area (Å²) in [5.41, 5.74) is 0.706. The van der Waals surface area contributed by atoms with Gasteiger partial charge in [0.2, 0.25) is 0 Å². The van der Waals surface area contributed by atoms with E-state index >= 15 is 0 Å². The summed E-state index contributed by atoms with van der Waals surface area (Å²) in [5, 5.41) is 3.02. The number of nitrogens with one attached hydrogen (secondary N) is 1. The second-order valence-corrected chi connectivity index (χ2v) is 9.28. The minimum atomic E-state index is -0.476. The highest BCUT2D eigenvalue weighted by atomic mass is 16.5. The normalized spacial score (nSPS) is 35.4. The lowest BCUT2D eigenvalue weighted by molar-refractivity contribution is -0.148. The number of nitrogens with zero attached hydrogens (tertiary/aromatic N) is 1. The van der Waals surface area contributed by atoms with Gasteiger partial charge in [0.25, 0.3) is 0 Å². The van der Waals surface area contributed by atoms with Crippen molar-refractivity contribution in [2.24, 2.45) is 17.8 Å².